The van der Waals surface area contributed by atoms with Gasteiger partial charge in [0.05, 0.1) is 5.69 Å². The zero-order valence-corrected chi connectivity index (χ0v) is 10.2. The zero-order valence-electron chi connectivity index (χ0n) is 10.2. The first kappa shape index (κ1) is 11.4. The average Bonchev–Trinajstić information content (AvgIpc) is 2.60. The van der Waals surface area contributed by atoms with Crippen molar-refractivity contribution in [2.45, 2.75) is 51.7 Å². The predicted molar refractivity (Wildman–Crippen MR) is 67.0 cm³/mol. The van der Waals surface area contributed by atoms with Crippen LogP contribution in [-0.4, -0.2) is 22.0 Å². The van der Waals surface area contributed by atoms with Gasteiger partial charge in [0, 0.05) is 30.5 Å². The molecule has 16 heavy (non-hydrogen) atoms. The minimum Gasteiger partial charge on any atom is -0.399 e. The Bertz CT molecular complexity index is 351. The Morgan fingerprint density at radius 2 is 2.31 bits per heavy atom. The second kappa shape index (κ2) is 4.83. The van der Waals surface area contributed by atoms with E-state index in [1.807, 2.05) is 12.1 Å². The van der Waals surface area contributed by atoms with Crippen LogP contribution >= 0.6 is 0 Å². The molecular weight excluding hydrogens is 198 g/mol. The van der Waals surface area contributed by atoms with Crippen LogP contribution in [0.15, 0.2) is 18.3 Å². The molecule has 0 radical (unpaired) electrons. The molecule has 0 amide bonds. The third-order valence-electron chi connectivity index (χ3n) is 3.61. The monoisotopic (exact) mass is 219 g/mol. The van der Waals surface area contributed by atoms with Crippen LogP contribution in [-0.2, 0) is 6.54 Å². The molecule has 2 rings (SSSR count). The van der Waals surface area contributed by atoms with Crippen molar-refractivity contribution in [3.8, 4) is 0 Å². The summed E-state index contributed by atoms with van der Waals surface area (Å²) in [7, 11) is 0. The number of hydrogen-bond donors (Lipinski definition) is 1. The molecule has 0 saturated carbocycles. The molecule has 1 aliphatic heterocycles. The first-order valence-electron chi connectivity index (χ1n) is 6.17. The van der Waals surface area contributed by atoms with E-state index >= 15 is 0 Å². The second-order valence-electron chi connectivity index (χ2n) is 4.74. The lowest BCUT2D eigenvalue weighted by Gasteiger charge is -2.27. The smallest absolute Gasteiger partial charge is 0.0564 e. The van der Waals surface area contributed by atoms with Gasteiger partial charge in [0.2, 0.25) is 0 Å². The average molecular weight is 219 g/mol. The number of nitrogens with zero attached hydrogens (tertiary/aromatic N) is 2. The Balaban J connectivity index is 2.08. The Morgan fingerprint density at radius 3 is 3.00 bits per heavy atom. The van der Waals surface area contributed by atoms with Crippen LogP contribution in [0.4, 0.5) is 5.69 Å². The van der Waals surface area contributed by atoms with E-state index in [0.717, 1.165) is 24.0 Å². The molecule has 0 spiro atoms. The topological polar surface area (TPSA) is 42.1 Å². The number of hydrogen-bond acceptors (Lipinski definition) is 3. The molecule has 1 aromatic heterocycles. The molecule has 3 heteroatoms. The van der Waals surface area contributed by atoms with Gasteiger partial charge in [-0.15, -0.1) is 0 Å². The van der Waals surface area contributed by atoms with Crippen molar-refractivity contribution < 1.29 is 0 Å². The van der Waals surface area contributed by atoms with Crippen molar-refractivity contribution in [2.24, 2.45) is 0 Å². The molecule has 0 bridgehead atoms. The highest BCUT2D eigenvalue weighted by Gasteiger charge is 2.29. The van der Waals surface area contributed by atoms with Gasteiger partial charge in [0.1, 0.15) is 0 Å². The highest BCUT2D eigenvalue weighted by atomic mass is 15.2. The van der Waals surface area contributed by atoms with Gasteiger partial charge >= 0.3 is 0 Å². The predicted octanol–water partition coefficient (Wildman–Crippen LogP) is 2.43. The summed E-state index contributed by atoms with van der Waals surface area (Å²) in [4.78, 5) is 6.94. The zero-order chi connectivity index (χ0) is 11.5. The Morgan fingerprint density at radius 1 is 1.50 bits per heavy atom. The van der Waals surface area contributed by atoms with Gasteiger partial charge in [-0.05, 0) is 38.3 Å². The molecule has 1 saturated heterocycles. The van der Waals surface area contributed by atoms with Crippen LogP contribution < -0.4 is 5.73 Å². The summed E-state index contributed by atoms with van der Waals surface area (Å²) in [6.07, 6.45) is 5.65. The summed E-state index contributed by atoms with van der Waals surface area (Å²) in [6, 6.07) is 5.22. The van der Waals surface area contributed by atoms with Gasteiger partial charge < -0.3 is 5.73 Å². The number of likely N-dealkylation sites (tertiary alicyclic amines) is 1. The van der Waals surface area contributed by atoms with Crippen molar-refractivity contribution >= 4 is 5.69 Å². The molecule has 1 aliphatic rings. The lowest BCUT2D eigenvalue weighted by molar-refractivity contribution is 0.187. The van der Waals surface area contributed by atoms with E-state index in [2.05, 4.69) is 23.7 Å². The van der Waals surface area contributed by atoms with E-state index < -0.39 is 0 Å². The van der Waals surface area contributed by atoms with E-state index in [1.165, 1.54) is 19.3 Å². The fourth-order valence-electron chi connectivity index (χ4n) is 2.62. The molecule has 0 aliphatic carbocycles. The van der Waals surface area contributed by atoms with Gasteiger partial charge in [-0.25, -0.2) is 0 Å². The van der Waals surface area contributed by atoms with Crippen molar-refractivity contribution in [1.82, 2.24) is 9.88 Å². The fraction of sp³-hybridized carbons (Fsp3) is 0.615. The Kier molecular flexibility index (Phi) is 3.44. The van der Waals surface area contributed by atoms with E-state index in [-0.39, 0.29) is 0 Å². The highest BCUT2D eigenvalue weighted by molar-refractivity contribution is 5.37. The van der Waals surface area contributed by atoms with Crippen LogP contribution in [0.1, 0.15) is 38.8 Å². The third-order valence-corrected chi connectivity index (χ3v) is 3.61. The maximum Gasteiger partial charge on any atom is 0.0564 e. The third kappa shape index (κ3) is 2.35. The number of anilines is 1. The van der Waals surface area contributed by atoms with E-state index in [9.17, 15) is 0 Å². The molecular formula is C13H21N3. The lowest BCUT2D eigenvalue weighted by Crippen LogP contribution is -2.33. The lowest BCUT2D eigenvalue weighted by atomic mass is 10.1. The van der Waals surface area contributed by atoms with Crippen LogP contribution in [0.2, 0.25) is 0 Å². The van der Waals surface area contributed by atoms with Crippen LogP contribution in [0, 0.1) is 0 Å². The number of rotatable bonds is 3. The van der Waals surface area contributed by atoms with Crippen LogP contribution in [0.3, 0.4) is 0 Å². The molecule has 2 N–H and O–H groups in total. The Labute approximate surface area is 97.7 Å². The van der Waals surface area contributed by atoms with Gasteiger partial charge in [-0.1, -0.05) is 6.92 Å². The van der Waals surface area contributed by atoms with Crippen molar-refractivity contribution in [1.29, 1.82) is 0 Å². The summed E-state index contributed by atoms with van der Waals surface area (Å²) in [6.45, 7) is 5.51. The van der Waals surface area contributed by atoms with Gasteiger partial charge in [0.15, 0.2) is 0 Å². The van der Waals surface area contributed by atoms with Crippen LogP contribution in [0.5, 0.6) is 0 Å². The van der Waals surface area contributed by atoms with E-state index in [1.54, 1.807) is 6.20 Å². The molecule has 1 fully saturated rings. The van der Waals surface area contributed by atoms with Gasteiger partial charge in [-0.2, -0.15) is 0 Å². The molecule has 1 aromatic rings. The normalized spacial score (nSPS) is 26.1. The summed E-state index contributed by atoms with van der Waals surface area (Å²) in [5.74, 6) is 0. The van der Waals surface area contributed by atoms with Crippen molar-refractivity contribution in [3.63, 3.8) is 0 Å². The number of nitrogens with two attached hydrogens (primary N) is 1. The maximum absolute atomic E-state index is 5.78. The molecule has 2 heterocycles. The summed E-state index contributed by atoms with van der Waals surface area (Å²) in [5, 5.41) is 0. The van der Waals surface area contributed by atoms with Gasteiger partial charge in [0.25, 0.3) is 0 Å². The SMILES string of the molecule is CCC1CCC(C)N1Cc1cc(N)ccn1. The molecule has 88 valence electrons. The largest absolute Gasteiger partial charge is 0.399 e. The van der Waals surface area contributed by atoms with E-state index in [0.29, 0.717) is 6.04 Å². The quantitative estimate of drug-likeness (QED) is 0.849. The minimum atomic E-state index is 0.674. The van der Waals surface area contributed by atoms with Crippen LogP contribution in [0.25, 0.3) is 0 Å². The number of aromatic nitrogens is 1. The number of nitrogen functional groups attached to an aromatic ring is 1. The van der Waals surface area contributed by atoms with Crippen molar-refractivity contribution in [2.75, 3.05) is 5.73 Å². The Hall–Kier alpha value is -1.09. The first-order chi connectivity index (χ1) is 7.70. The molecule has 3 nitrogen and oxygen atoms in total. The minimum absolute atomic E-state index is 0.674. The van der Waals surface area contributed by atoms with E-state index in [4.69, 9.17) is 5.73 Å². The number of pyridine rings is 1. The molecule has 0 aromatic carbocycles. The first-order valence-corrected chi connectivity index (χ1v) is 6.17. The fourth-order valence-corrected chi connectivity index (χ4v) is 2.62. The maximum atomic E-state index is 5.78. The summed E-state index contributed by atoms with van der Waals surface area (Å²) >= 11 is 0. The summed E-state index contributed by atoms with van der Waals surface area (Å²) in [5.41, 5.74) is 7.68. The molecule has 2 atom stereocenters. The highest BCUT2D eigenvalue weighted by Crippen LogP contribution is 2.27. The molecule has 2 unspecified atom stereocenters. The standard InChI is InChI=1S/C13H21N3/c1-3-13-5-4-10(2)16(13)9-12-8-11(14)6-7-15-12/h6-8,10,13H,3-5,9H2,1-2H3,(H2,14,15). The van der Waals surface area contributed by atoms with Gasteiger partial charge in [-0.3, -0.25) is 9.88 Å². The second-order valence-corrected chi connectivity index (χ2v) is 4.74. The van der Waals surface area contributed by atoms with Crippen molar-refractivity contribution in [3.05, 3.63) is 24.0 Å². The summed E-state index contributed by atoms with van der Waals surface area (Å²) < 4.78 is 0.